The van der Waals surface area contributed by atoms with E-state index in [9.17, 15) is 0 Å². The van der Waals surface area contributed by atoms with E-state index in [1.54, 1.807) is 6.20 Å². The molecule has 1 aliphatic heterocycles. The Bertz CT molecular complexity index is 577. The summed E-state index contributed by atoms with van der Waals surface area (Å²) in [6.45, 7) is 0. The van der Waals surface area contributed by atoms with E-state index >= 15 is 0 Å². The fourth-order valence-corrected chi connectivity index (χ4v) is 2.59. The fourth-order valence-electron chi connectivity index (χ4n) is 2.59. The zero-order chi connectivity index (χ0) is 13.9. The van der Waals surface area contributed by atoms with Crippen molar-refractivity contribution in [1.82, 2.24) is 10.4 Å². The van der Waals surface area contributed by atoms with Gasteiger partial charge in [-0.25, -0.2) is 4.98 Å². The molecule has 0 bridgehead atoms. The van der Waals surface area contributed by atoms with Gasteiger partial charge in [0.1, 0.15) is 17.7 Å². The highest BCUT2D eigenvalue weighted by atomic mass is 16.5. The first-order valence-corrected chi connectivity index (χ1v) is 6.68. The number of ether oxygens (including phenoxy) is 1. The molecule has 20 heavy (non-hydrogen) atoms. The van der Waals surface area contributed by atoms with Gasteiger partial charge in [-0.05, 0) is 29.7 Å². The van der Waals surface area contributed by atoms with Gasteiger partial charge in [-0.2, -0.15) is 0 Å². The van der Waals surface area contributed by atoms with Crippen LogP contribution in [0.15, 0.2) is 42.6 Å². The molecular weight excluding hydrogens is 252 g/mol. The van der Waals surface area contributed by atoms with Gasteiger partial charge in [0.05, 0.1) is 6.04 Å². The Morgan fingerprint density at radius 1 is 1.30 bits per heavy atom. The zero-order valence-electron chi connectivity index (χ0n) is 11.1. The summed E-state index contributed by atoms with van der Waals surface area (Å²) in [5.74, 6) is 7.18. The number of para-hydroxylation sites is 1. The molecule has 0 spiro atoms. The summed E-state index contributed by atoms with van der Waals surface area (Å²) < 4.78 is 5.97. The first-order chi connectivity index (χ1) is 9.78. The van der Waals surface area contributed by atoms with Crippen LogP contribution in [0.1, 0.15) is 11.1 Å². The number of fused-ring (bicyclic) bond motifs is 1. The van der Waals surface area contributed by atoms with Crippen LogP contribution in [0.5, 0.6) is 5.75 Å². The Labute approximate surface area is 117 Å². The minimum Gasteiger partial charge on any atom is -0.488 e. The van der Waals surface area contributed by atoms with Crippen molar-refractivity contribution < 1.29 is 4.74 Å². The molecule has 5 N–H and O–H groups in total. The summed E-state index contributed by atoms with van der Waals surface area (Å²) >= 11 is 0. The lowest BCUT2D eigenvalue weighted by atomic mass is 9.99. The van der Waals surface area contributed by atoms with Crippen molar-refractivity contribution in [3.05, 3.63) is 53.7 Å². The van der Waals surface area contributed by atoms with Gasteiger partial charge >= 0.3 is 0 Å². The lowest BCUT2D eigenvalue weighted by molar-refractivity contribution is 0.177. The highest BCUT2D eigenvalue weighted by Crippen LogP contribution is 2.30. The normalized spacial score (nSPS) is 18.4. The summed E-state index contributed by atoms with van der Waals surface area (Å²) in [5, 5.41) is 0. The van der Waals surface area contributed by atoms with Gasteiger partial charge in [0.2, 0.25) is 0 Å². The third-order valence-electron chi connectivity index (χ3n) is 3.70. The lowest BCUT2D eigenvalue weighted by Gasteiger charge is -2.22. The van der Waals surface area contributed by atoms with E-state index in [2.05, 4.69) is 16.5 Å². The van der Waals surface area contributed by atoms with Gasteiger partial charge in [0.15, 0.2) is 0 Å². The Balaban J connectivity index is 1.74. The van der Waals surface area contributed by atoms with Gasteiger partial charge in [0, 0.05) is 12.6 Å². The second-order valence-corrected chi connectivity index (χ2v) is 4.99. The average molecular weight is 270 g/mol. The van der Waals surface area contributed by atoms with E-state index in [4.69, 9.17) is 16.3 Å². The van der Waals surface area contributed by atoms with Crippen LogP contribution in [0.4, 0.5) is 5.82 Å². The van der Waals surface area contributed by atoms with Crippen molar-refractivity contribution in [3.8, 4) is 5.75 Å². The van der Waals surface area contributed by atoms with Gasteiger partial charge in [0.25, 0.3) is 0 Å². The second kappa shape index (κ2) is 5.48. The topological polar surface area (TPSA) is 86.2 Å². The van der Waals surface area contributed by atoms with Crippen LogP contribution in [-0.2, 0) is 12.8 Å². The summed E-state index contributed by atoms with van der Waals surface area (Å²) in [4.78, 5) is 4.10. The molecule has 2 heterocycles. The number of benzene rings is 1. The number of aromatic nitrogens is 1. The van der Waals surface area contributed by atoms with Gasteiger partial charge < -0.3 is 10.5 Å². The third-order valence-corrected chi connectivity index (χ3v) is 3.70. The molecule has 2 aromatic rings. The first-order valence-electron chi connectivity index (χ1n) is 6.68. The largest absolute Gasteiger partial charge is 0.488 e. The number of nitrogens with one attached hydrogen (secondary N) is 1. The van der Waals surface area contributed by atoms with Crippen molar-refractivity contribution >= 4 is 5.82 Å². The van der Waals surface area contributed by atoms with Crippen LogP contribution >= 0.6 is 0 Å². The van der Waals surface area contributed by atoms with Crippen molar-refractivity contribution in [3.63, 3.8) is 0 Å². The Hall–Kier alpha value is -2.11. The molecule has 0 amide bonds. The zero-order valence-corrected chi connectivity index (χ0v) is 11.1. The Kier molecular flexibility index (Phi) is 3.54. The van der Waals surface area contributed by atoms with E-state index in [1.165, 1.54) is 5.56 Å². The highest BCUT2D eigenvalue weighted by Gasteiger charge is 2.30. The lowest BCUT2D eigenvalue weighted by Crippen LogP contribution is -2.47. The second-order valence-electron chi connectivity index (χ2n) is 4.99. The molecule has 1 aliphatic rings. The summed E-state index contributed by atoms with van der Waals surface area (Å²) in [6.07, 6.45) is 3.24. The van der Waals surface area contributed by atoms with Gasteiger partial charge in [-0.3, -0.25) is 11.3 Å². The molecule has 0 saturated carbocycles. The molecule has 0 aliphatic carbocycles. The van der Waals surface area contributed by atoms with Crippen LogP contribution in [0.3, 0.4) is 0 Å². The predicted molar refractivity (Wildman–Crippen MR) is 78.0 cm³/mol. The number of nitrogen functional groups attached to an aromatic ring is 1. The standard InChI is InChI=1S/C15H18N4O/c16-15-11(5-3-7-18-15)8-12(19-17)14-9-10-4-1-2-6-13(10)20-14/h1-7,12,14,19H,8-9,17H2,(H2,16,18). The molecule has 0 fully saturated rings. The molecule has 5 nitrogen and oxygen atoms in total. The van der Waals surface area contributed by atoms with Crippen molar-refractivity contribution in [2.45, 2.75) is 25.0 Å². The molecule has 2 unspecified atom stereocenters. The minimum atomic E-state index is -0.00565. The molecule has 0 saturated heterocycles. The van der Waals surface area contributed by atoms with Crippen LogP contribution in [0, 0.1) is 0 Å². The average Bonchev–Trinajstić information content (AvgIpc) is 2.90. The van der Waals surface area contributed by atoms with Crippen LogP contribution in [0.25, 0.3) is 0 Å². The first kappa shape index (κ1) is 12.9. The maximum atomic E-state index is 5.97. The smallest absolute Gasteiger partial charge is 0.126 e. The van der Waals surface area contributed by atoms with Crippen LogP contribution in [0.2, 0.25) is 0 Å². The molecular formula is C15H18N4O. The number of rotatable bonds is 4. The maximum Gasteiger partial charge on any atom is 0.126 e. The quantitative estimate of drug-likeness (QED) is 0.571. The van der Waals surface area contributed by atoms with Crippen molar-refractivity contribution in [2.24, 2.45) is 5.84 Å². The Morgan fingerprint density at radius 2 is 2.15 bits per heavy atom. The third kappa shape index (κ3) is 2.45. The molecule has 2 atom stereocenters. The van der Waals surface area contributed by atoms with Gasteiger partial charge in [-0.1, -0.05) is 24.3 Å². The summed E-state index contributed by atoms with van der Waals surface area (Å²) in [6, 6.07) is 11.9. The van der Waals surface area contributed by atoms with Crippen LogP contribution < -0.4 is 21.7 Å². The number of hydrogen-bond acceptors (Lipinski definition) is 5. The predicted octanol–water partition coefficient (Wildman–Crippen LogP) is 1.04. The highest BCUT2D eigenvalue weighted by molar-refractivity contribution is 5.40. The number of pyridine rings is 1. The minimum absolute atomic E-state index is 0.00565. The van der Waals surface area contributed by atoms with Crippen molar-refractivity contribution in [1.29, 1.82) is 0 Å². The van der Waals surface area contributed by atoms with Crippen LogP contribution in [-0.4, -0.2) is 17.1 Å². The molecule has 0 radical (unpaired) electrons. The van der Waals surface area contributed by atoms with Gasteiger partial charge in [-0.15, -0.1) is 0 Å². The van der Waals surface area contributed by atoms with E-state index in [0.29, 0.717) is 12.2 Å². The maximum absolute atomic E-state index is 5.97. The molecule has 5 heteroatoms. The SMILES string of the molecule is NNC(Cc1cccnc1N)C1Cc2ccccc2O1. The number of nitrogens with two attached hydrogens (primary N) is 2. The van der Waals surface area contributed by atoms with E-state index < -0.39 is 0 Å². The molecule has 1 aromatic heterocycles. The molecule has 1 aromatic carbocycles. The fraction of sp³-hybridized carbons (Fsp3) is 0.267. The molecule has 3 rings (SSSR count). The number of anilines is 1. The van der Waals surface area contributed by atoms with E-state index in [-0.39, 0.29) is 12.1 Å². The number of nitrogens with zero attached hydrogens (tertiary/aromatic N) is 1. The number of hydrazine groups is 1. The monoisotopic (exact) mass is 270 g/mol. The number of hydrogen-bond donors (Lipinski definition) is 3. The van der Waals surface area contributed by atoms with Crippen molar-refractivity contribution in [2.75, 3.05) is 5.73 Å². The summed E-state index contributed by atoms with van der Waals surface area (Å²) in [7, 11) is 0. The van der Waals surface area contributed by atoms with E-state index in [0.717, 1.165) is 17.7 Å². The Morgan fingerprint density at radius 3 is 2.90 bits per heavy atom. The van der Waals surface area contributed by atoms with E-state index in [1.807, 2.05) is 30.3 Å². The summed E-state index contributed by atoms with van der Waals surface area (Å²) in [5.41, 5.74) is 10.9. The molecule has 104 valence electrons.